The topological polar surface area (TPSA) is 12.9 Å². The summed E-state index contributed by atoms with van der Waals surface area (Å²) in [6.45, 7) is 6.83. The lowest BCUT2D eigenvalue weighted by Gasteiger charge is -2.18. The van der Waals surface area contributed by atoms with Crippen LogP contribution in [-0.4, -0.2) is 4.98 Å². The minimum atomic E-state index is 0.266. The fourth-order valence-corrected chi connectivity index (χ4v) is 5.23. The average Bonchev–Trinajstić information content (AvgIpc) is 3.10. The Hall–Kier alpha value is -2.97. The normalized spacial score (nSPS) is 12.0. The number of nitrogens with zero attached hydrogens (tertiary/aromatic N) is 1. The van der Waals surface area contributed by atoms with Gasteiger partial charge in [-0.1, -0.05) is 69.3 Å². The average molecular weight is 408 g/mol. The highest BCUT2D eigenvalue weighted by molar-refractivity contribution is 7.25. The van der Waals surface area contributed by atoms with Gasteiger partial charge in [0.1, 0.15) is 0 Å². The zero-order valence-electron chi connectivity index (χ0n) is 17.6. The summed E-state index contributed by atoms with van der Waals surface area (Å²) >= 11 is 1.87. The van der Waals surface area contributed by atoms with Gasteiger partial charge in [-0.25, -0.2) is 0 Å². The fourth-order valence-electron chi connectivity index (χ4n) is 4.10. The molecule has 0 spiro atoms. The van der Waals surface area contributed by atoms with Crippen molar-refractivity contribution in [1.82, 2.24) is 4.98 Å². The standard InChI is InChI=1S/C28H25NS/c1-28(2,3)18-19-13-14-29-25(15-19)22-10-12-26-24(16-22)23-11-9-21(17-27(23)30-26)20-7-5-4-6-8-20/h4-17H,18H2,1-3H3. The third-order valence-electron chi connectivity index (χ3n) is 5.43. The Bertz CT molecular complexity index is 1340. The molecule has 0 aliphatic heterocycles. The van der Waals surface area contributed by atoms with Crippen LogP contribution in [0.1, 0.15) is 26.3 Å². The van der Waals surface area contributed by atoms with Crippen molar-refractivity contribution in [2.24, 2.45) is 5.41 Å². The zero-order chi connectivity index (χ0) is 20.7. The molecule has 2 aromatic heterocycles. The van der Waals surface area contributed by atoms with E-state index in [0.29, 0.717) is 0 Å². The lowest BCUT2D eigenvalue weighted by Crippen LogP contribution is -2.09. The number of thiophene rings is 1. The van der Waals surface area contributed by atoms with Crippen LogP contribution >= 0.6 is 11.3 Å². The molecule has 0 aliphatic carbocycles. The van der Waals surface area contributed by atoms with Crippen molar-refractivity contribution in [2.75, 3.05) is 0 Å². The molecule has 0 aliphatic rings. The molecule has 148 valence electrons. The van der Waals surface area contributed by atoms with Crippen molar-refractivity contribution in [3.8, 4) is 22.4 Å². The van der Waals surface area contributed by atoms with Crippen LogP contribution in [-0.2, 0) is 6.42 Å². The summed E-state index contributed by atoms with van der Waals surface area (Å²) in [6, 6.07) is 28.6. The third-order valence-corrected chi connectivity index (χ3v) is 6.57. The molecule has 0 saturated heterocycles. The minimum Gasteiger partial charge on any atom is -0.256 e. The van der Waals surface area contributed by atoms with E-state index in [9.17, 15) is 0 Å². The molecule has 3 aromatic carbocycles. The highest BCUT2D eigenvalue weighted by Gasteiger charge is 2.13. The summed E-state index contributed by atoms with van der Waals surface area (Å²) in [6.07, 6.45) is 2.99. The molecular weight excluding hydrogens is 382 g/mol. The molecule has 0 amide bonds. The Kier molecular flexibility index (Phi) is 4.67. The lowest BCUT2D eigenvalue weighted by molar-refractivity contribution is 0.411. The Labute approximate surface area is 182 Å². The van der Waals surface area contributed by atoms with E-state index in [4.69, 9.17) is 0 Å². The molecule has 0 unspecified atom stereocenters. The smallest absolute Gasteiger partial charge is 0.0704 e. The predicted molar refractivity (Wildman–Crippen MR) is 131 cm³/mol. The van der Waals surface area contributed by atoms with Crippen LogP contribution in [0.5, 0.6) is 0 Å². The van der Waals surface area contributed by atoms with Crippen LogP contribution < -0.4 is 0 Å². The summed E-state index contributed by atoms with van der Waals surface area (Å²) in [4.78, 5) is 4.67. The number of hydrogen-bond donors (Lipinski definition) is 0. The van der Waals surface area contributed by atoms with Gasteiger partial charge >= 0.3 is 0 Å². The lowest BCUT2D eigenvalue weighted by atomic mass is 9.88. The second-order valence-corrected chi connectivity index (χ2v) is 10.3. The van der Waals surface area contributed by atoms with E-state index in [-0.39, 0.29) is 5.41 Å². The van der Waals surface area contributed by atoms with Crippen LogP contribution in [0, 0.1) is 5.41 Å². The van der Waals surface area contributed by atoms with Gasteiger partial charge in [0.25, 0.3) is 0 Å². The van der Waals surface area contributed by atoms with Gasteiger partial charge in [-0.05, 0) is 58.9 Å². The van der Waals surface area contributed by atoms with E-state index in [1.54, 1.807) is 0 Å². The van der Waals surface area contributed by atoms with E-state index in [1.165, 1.54) is 42.4 Å². The van der Waals surface area contributed by atoms with Crippen LogP contribution in [0.2, 0.25) is 0 Å². The molecule has 5 rings (SSSR count). The maximum absolute atomic E-state index is 4.67. The number of hydrogen-bond acceptors (Lipinski definition) is 2. The van der Waals surface area contributed by atoms with Crippen LogP contribution in [0.4, 0.5) is 0 Å². The number of pyridine rings is 1. The molecule has 30 heavy (non-hydrogen) atoms. The highest BCUT2D eigenvalue weighted by atomic mass is 32.1. The van der Waals surface area contributed by atoms with Crippen LogP contribution in [0.15, 0.2) is 85.1 Å². The first-order valence-corrected chi connectivity index (χ1v) is 11.2. The molecule has 0 atom stereocenters. The number of benzene rings is 3. The maximum atomic E-state index is 4.67. The van der Waals surface area contributed by atoms with E-state index in [2.05, 4.69) is 105 Å². The van der Waals surface area contributed by atoms with E-state index < -0.39 is 0 Å². The van der Waals surface area contributed by atoms with Crippen molar-refractivity contribution in [1.29, 1.82) is 0 Å². The van der Waals surface area contributed by atoms with E-state index >= 15 is 0 Å². The molecule has 2 heterocycles. The second kappa shape index (κ2) is 7.37. The summed E-state index contributed by atoms with van der Waals surface area (Å²) in [5.41, 5.74) is 6.38. The fraction of sp³-hybridized carbons (Fsp3) is 0.179. The molecule has 0 fully saturated rings. The largest absolute Gasteiger partial charge is 0.256 e. The Morgan fingerprint density at radius 3 is 2.30 bits per heavy atom. The van der Waals surface area contributed by atoms with Crippen LogP contribution in [0.25, 0.3) is 42.6 Å². The quantitative estimate of drug-likeness (QED) is 0.293. The second-order valence-electron chi connectivity index (χ2n) is 9.18. The van der Waals surface area contributed by atoms with Crippen molar-refractivity contribution in [3.63, 3.8) is 0 Å². The third kappa shape index (κ3) is 3.76. The Morgan fingerprint density at radius 1 is 0.700 bits per heavy atom. The van der Waals surface area contributed by atoms with Crippen molar-refractivity contribution < 1.29 is 0 Å². The van der Waals surface area contributed by atoms with Gasteiger partial charge in [-0.2, -0.15) is 0 Å². The number of fused-ring (bicyclic) bond motifs is 3. The molecule has 0 N–H and O–H groups in total. The molecule has 0 bridgehead atoms. The van der Waals surface area contributed by atoms with Crippen LogP contribution in [0.3, 0.4) is 0 Å². The number of rotatable bonds is 3. The molecule has 1 nitrogen and oxygen atoms in total. The maximum Gasteiger partial charge on any atom is 0.0704 e. The predicted octanol–water partition coefficient (Wildman–Crippen LogP) is 8.37. The molecular formula is C28H25NS. The van der Waals surface area contributed by atoms with E-state index in [0.717, 1.165) is 12.1 Å². The Morgan fingerprint density at radius 2 is 1.50 bits per heavy atom. The summed E-state index contributed by atoms with van der Waals surface area (Å²) in [5, 5.41) is 2.64. The minimum absolute atomic E-state index is 0.266. The number of aromatic nitrogens is 1. The molecule has 5 aromatic rings. The first-order chi connectivity index (χ1) is 14.5. The van der Waals surface area contributed by atoms with Gasteiger partial charge in [0.15, 0.2) is 0 Å². The first kappa shape index (κ1) is 19.0. The van der Waals surface area contributed by atoms with Crippen molar-refractivity contribution in [3.05, 3.63) is 90.6 Å². The van der Waals surface area contributed by atoms with E-state index in [1.807, 2.05) is 17.5 Å². The van der Waals surface area contributed by atoms with Gasteiger partial charge in [-0.15, -0.1) is 11.3 Å². The van der Waals surface area contributed by atoms with Gasteiger partial charge in [0.2, 0.25) is 0 Å². The van der Waals surface area contributed by atoms with Gasteiger partial charge in [-0.3, -0.25) is 4.98 Å². The van der Waals surface area contributed by atoms with Gasteiger partial charge in [0, 0.05) is 31.9 Å². The monoisotopic (exact) mass is 407 g/mol. The summed E-state index contributed by atoms with van der Waals surface area (Å²) in [7, 11) is 0. The SMILES string of the molecule is CC(C)(C)Cc1ccnc(-c2ccc3sc4cc(-c5ccccc5)ccc4c3c2)c1. The molecule has 2 heteroatoms. The summed E-state index contributed by atoms with van der Waals surface area (Å²) < 4.78 is 2.66. The molecule has 0 saturated carbocycles. The first-order valence-electron chi connectivity index (χ1n) is 10.4. The van der Waals surface area contributed by atoms with Gasteiger partial charge < -0.3 is 0 Å². The van der Waals surface area contributed by atoms with Crippen molar-refractivity contribution in [2.45, 2.75) is 27.2 Å². The van der Waals surface area contributed by atoms with Crippen molar-refractivity contribution >= 4 is 31.5 Å². The molecule has 0 radical (unpaired) electrons. The summed E-state index contributed by atoms with van der Waals surface area (Å²) in [5.74, 6) is 0. The van der Waals surface area contributed by atoms with Gasteiger partial charge in [0.05, 0.1) is 5.69 Å². The highest BCUT2D eigenvalue weighted by Crippen LogP contribution is 2.38. The zero-order valence-corrected chi connectivity index (χ0v) is 18.5. The Balaban J connectivity index is 1.57.